The van der Waals surface area contributed by atoms with Crippen molar-refractivity contribution in [1.82, 2.24) is 4.98 Å². The summed E-state index contributed by atoms with van der Waals surface area (Å²) in [5, 5.41) is 19.1. The lowest BCUT2D eigenvalue weighted by Gasteiger charge is -2.15. The second-order valence-electron chi connectivity index (χ2n) is 4.16. The van der Waals surface area contributed by atoms with Gasteiger partial charge in [-0.25, -0.2) is 0 Å². The Labute approximate surface area is 116 Å². The van der Waals surface area contributed by atoms with Gasteiger partial charge in [0.1, 0.15) is 5.75 Å². The number of hydrogen-bond donors (Lipinski definition) is 2. The van der Waals surface area contributed by atoms with E-state index in [4.69, 9.17) is 0 Å². The van der Waals surface area contributed by atoms with E-state index in [1.54, 1.807) is 6.92 Å². The van der Waals surface area contributed by atoms with Gasteiger partial charge in [-0.15, -0.1) is 0 Å². The van der Waals surface area contributed by atoms with Crippen LogP contribution in [-0.2, 0) is 32.1 Å². The minimum absolute atomic E-state index is 0.0733. The van der Waals surface area contributed by atoms with Crippen LogP contribution in [0.4, 0.5) is 0 Å². The number of rotatable bonds is 5. The molecule has 0 aromatic carbocycles. The number of aromatic hydroxyl groups is 1. The van der Waals surface area contributed by atoms with Crippen LogP contribution < -0.4 is 0 Å². The number of aliphatic hydroxyl groups is 1. The number of aryl methyl sites for hydroxylation is 1. The number of ether oxygens (including phenoxy) is 2. The van der Waals surface area contributed by atoms with Crippen molar-refractivity contribution in [3.63, 3.8) is 0 Å². The molecule has 0 radical (unpaired) electrons. The maximum atomic E-state index is 11.6. The Balaban J connectivity index is 3.14. The monoisotopic (exact) mass is 283 g/mol. The minimum Gasteiger partial charge on any atom is -0.506 e. The molecule has 0 fully saturated rings. The highest BCUT2D eigenvalue weighted by molar-refractivity contribution is 5.95. The molecule has 0 aliphatic rings. The van der Waals surface area contributed by atoms with Crippen molar-refractivity contribution < 1.29 is 29.3 Å². The molecule has 2 N–H and O–H groups in total. The van der Waals surface area contributed by atoms with Crippen LogP contribution in [0.5, 0.6) is 5.75 Å². The van der Waals surface area contributed by atoms with E-state index >= 15 is 0 Å². The topological polar surface area (TPSA) is 106 Å². The average Bonchev–Trinajstić information content (AvgIpc) is 2.46. The van der Waals surface area contributed by atoms with E-state index in [0.717, 1.165) is 14.2 Å². The quantitative estimate of drug-likeness (QED) is 0.582. The molecule has 1 aromatic heterocycles. The number of nitrogens with zero attached hydrogens (tertiary/aromatic N) is 1. The molecule has 1 aromatic rings. The summed E-state index contributed by atoms with van der Waals surface area (Å²) in [6.45, 7) is 1.15. The van der Waals surface area contributed by atoms with Crippen molar-refractivity contribution in [2.45, 2.75) is 20.0 Å². The normalized spacial score (nSPS) is 10.4. The van der Waals surface area contributed by atoms with Crippen molar-refractivity contribution in [2.24, 2.45) is 5.92 Å². The molecule has 7 nitrogen and oxygen atoms in total. The van der Waals surface area contributed by atoms with E-state index in [-0.39, 0.29) is 17.7 Å². The van der Waals surface area contributed by atoms with Crippen LogP contribution in [0.2, 0.25) is 0 Å². The SMILES string of the molecule is COC(=O)C(Cc1cnc(C)c(O)c1CO)C(=O)OC. The number of carbonyl (C=O) groups is 2. The molecular formula is C13H17NO6. The largest absolute Gasteiger partial charge is 0.506 e. The van der Waals surface area contributed by atoms with E-state index in [2.05, 4.69) is 14.5 Å². The van der Waals surface area contributed by atoms with Gasteiger partial charge in [-0.1, -0.05) is 0 Å². The molecule has 0 unspecified atom stereocenters. The molecule has 0 saturated heterocycles. The zero-order chi connectivity index (χ0) is 15.3. The summed E-state index contributed by atoms with van der Waals surface area (Å²) in [7, 11) is 2.33. The van der Waals surface area contributed by atoms with Gasteiger partial charge >= 0.3 is 11.9 Å². The van der Waals surface area contributed by atoms with Crippen LogP contribution >= 0.6 is 0 Å². The highest BCUT2D eigenvalue weighted by atomic mass is 16.5. The van der Waals surface area contributed by atoms with E-state index in [1.165, 1.54) is 6.20 Å². The Kier molecular flexibility index (Phi) is 5.45. The summed E-state index contributed by atoms with van der Waals surface area (Å²) in [5.41, 5.74) is 0.970. The van der Waals surface area contributed by atoms with Crippen molar-refractivity contribution in [3.05, 3.63) is 23.0 Å². The third-order valence-corrected chi connectivity index (χ3v) is 2.98. The van der Waals surface area contributed by atoms with E-state index in [1.807, 2.05) is 0 Å². The van der Waals surface area contributed by atoms with Crippen LogP contribution in [0.15, 0.2) is 6.20 Å². The van der Waals surface area contributed by atoms with Crippen molar-refractivity contribution >= 4 is 11.9 Å². The Morgan fingerprint density at radius 1 is 1.30 bits per heavy atom. The molecule has 7 heteroatoms. The Bertz CT molecular complexity index is 498. The molecule has 0 spiro atoms. The lowest BCUT2D eigenvalue weighted by atomic mass is 9.96. The van der Waals surface area contributed by atoms with E-state index < -0.39 is 24.5 Å². The van der Waals surface area contributed by atoms with Gasteiger partial charge in [0, 0.05) is 11.8 Å². The molecule has 0 aliphatic heterocycles. The first kappa shape index (κ1) is 15.9. The zero-order valence-corrected chi connectivity index (χ0v) is 11.5. The van der Waals surface area contributed by atoms with E-state index in [9.17, 15) is 19.8 Å². The molecule has 0 saturated carbocycles. The summed E-state index contributed by atoms with van der Waals surface area (Å²) in [5.74, 6) is -2.82. The molecular weight excluding hydrogens is 266 g/mol. The molecule has 0 amide bonds. The average molecular weight is 283 g/mol. The molecule has 0 atom stereocenters. The molecule has 110 valence electrons. The molecule has 0 bridgehead atoms. The maximum Gasteiger partial charge on any atom is 0.320 e. The van der Waals surface area contributed by atoms with Gasteiger partial charge < -0.3 is 19.7 Å². The number of aromatic nitrogens is 1. The Morgan fingerprint density at radius 3 is 2.30 bits per heavy atom. The van der Waals surface area contributed by atoms with Gasteiger partial charge in [-0.3, -0.25) is 14.6 Å². The predicted molar refractivity (Wildman–Crippen MR) is 67.8 cm³/mol. The number of esters is 2. The summed E-state index contributed by atoms with van der Waals surface area (Å²) < 4.78 is 9.10. The summed E-state index contributed by atoms with van der Waals surface area (Å²) >= 11 is 0. The van der Waals surface area contributed by atoms with Gasteiger partial charge in [0.05, 0.1) is 26.5 Å². The second kappa shape index (κ2) is 6.85. The third-order valence-electron chi connectivity index (χ3n) is 2.98. The molecule has 20 heavy (non-hydrogen) atoms. The van der Waals surface area contributed by atoms with Crippen LogP contribution in [0.25, 0.3) is 0 Å². The lowest BCUT2D eigenvalue weighted by Crippen LogP contribution is -2.29. The highest BCUT2D eigenvalue weighted by Crippen LogP contribution is 2.26. The van der Waals surface area contributed by atoms with Gasteiger partial charge in [0.15, 0.2) is 5.92 Å². The first-order chi connectivity index (χ1) is 9.46. The van der Waals surface area contributed by atoms with E-state index in [0.29, 0.717) is 11.3 Å². The summed E-state index contributed by atoms with van der Waals surface area (Å²) in [4.78, 5) is 27.1. The fraction of sp³-hybridized carbons (Fsp3) is 0.462. The number of hydrogen-bond acceptors (Lipinski definition) is 7. The second-order valence-corrected chi connectivity index (χ2v) is 4.16. The smallest absolute Gasteiger partial charge is 0.320 e. The lowest BCUT2D eigenvalue weighted by molar-refractivity contribution is -0.158. The first-order valence-corrected chi connectivity index (χ1v) is 5.89. The predicted octanol–water partition coefficient (Wildman–Crippen LogP) is 0.0926. The van der Waals surface area contributed by atoms with Gasteiger partial charge in [-0.05, 0) is 18.9 Å². The standard InChI is InChI=1S/C13H17NO6/c1-7-11(16)10(6-15)8(5-14-7)4-9(12(17)19-2)13(18)20-3/h5,9,15-16H,4,6H2,1-3H3. The highest BCUT2D eigenvalue weighted by Gasteiger charge is 2.30. The summed E-state index contributed by atoms with van der Waals surface area (Å²) in [6, 6.07) is 0. The first-order valence-electron chi connectivity index (χ1n) is 5.89. The van der Waals surface area contributed by atoms with Crippen molar-refractivity contribution in [3.8, 4) is 5.75 Å². The number of aliphatic hydroxyl groups excluding tert-OH is 1. The molecule has 1 heterocycles. The van der Waals surface area contributed by atoms with Gasteiger partial charge in [0.25, 0.3) is 0 Å². The van der Waals surface area contributed by atoms with Crippen LogP contribution in [0.3, 0.4) is 0 Å². The summed E-state index contributed by atoms with van der Waals surface area (Å²) in [6.07, 6.45) is 1.33. The minimum atomic E-state index is -1.17. The number of carbonyl (C=O) groups excluding carboxylic acids is 2. The third kappa shape index (κ3) is 3.24. The van der Waals surface area contributed by atoms with Crippen LogP contribution in [-0.4, -0.2) is 41.4 Å². The molecule has 1 rings (SSSR count). The zero-order valence-electron chi connectivity index (χ0n) is 11.5. The number of pyridine rings is 1. The van der Waals surface area contributed by atoms with Gasteiger partial charge in [-0.2, -0.15) is 0 Å². The maximum absolute atomic E-state index is 11.6. The Hall–Kier alpha value is -2.15. The van der Waals surface area contributed by atoms with Gasteiger partial charge in [0.2, 0.25) is 0 Å². The number of methoxy groups -OCH3 is 2. The van der Waals surface area contributed by atoms with Crippen LogP contribution in [0, 0.1) is 12.8 Å². The fourth-order valence-electron chi connectivity index (χ4n) is 1.80. The Morgan fingerprint density at radius 2 is 1.85 bits per heavy atom. The molecule has 0 aliphatic carbocycles. The van der Waals surface area contributed by atoms with Crippen molar-refractivity contribution in [2.75, 3.05) is 14.2 Å². The fourth-order valence-corrected chi connectivity index (χ4v) is 1.80. The van der Waals surface area contributed by atoms with Crippen molar-refractivity contribution in [1.29, 1.82) is 0 Å². The van der Waals surface area contributed by atoms with Crippen LogP contribution in [0.1, 0.15) is 16.8 Å².